The van der Waals surface area contributed by atoms with Crippen LogP contribution < -0.4 is 10.1 Å². The lowest BCUT2D eigenvalue weighted by atomic mass is 9.91. The van der Waals surface area contributed by atoms with Gasteiger partial charge in [-0.15, -0.1) is 10.2 Å². The van der Waals surface area contributed by atoms with Crippen LogP contribution in [0.2, 0.25) is 5.02 Å². The van der Waals surface area contributed by atoms with Crippen molar-refractivity contribution in [1.82, 2.24) is 14.8 Å². The van der Waals surface area contributed by atoms with Gasteiger partial charge in [0.15, 0.2) is 0 Å². The van der Waals surface area contributed by atoms with Crippen LogP contribution in [0.3, 0.4) is 0 Å². The second kappa shape index (κ2) is 8.55. The summed E-state index contributed by atoms with van der Waals surface area (Å²) in [4.78, 5) is 0. The molecule has 154 valence electrons. The van der Waals surface area contributed by atoms with Gasteiger partial charge in [-0.05, 0) is 49.5 Å². The Labute approximate surface area is 174 Å². The molecule has 0 spiro atoms. The summed E-state index contributed by atoms with van der Waals surface area (Å²) in [5.74, 6) is 2.01. The van der Waals surface area contributed by atoms with Gasteiger partial charge in [0.25, 0.3) is 0 Å². The molecule has 0 fully saturated rings. The van der Waals surface area contributed by atoms with Crippen molar-refractivity contribution in [3.8, 4) is 5.75 Å². The number of nitrogens with zero attached hydrogens (tertiary/aromatic N) is 3. The molecule has 29 heavy (non-hydrogen) atoms. The number of fused-ring (bicyclic) bond motifs is 1. The number of aliphatic hydroxyl groups excluding tert-OH is 1. The lowest BCUT2D eigenvalue weighted by Crippen LogP contribution is -2.22. The zero-order valence-electron chi connectivity index (χ0n) is 16.3. The Balaban J connectivity index is 1.66. The smallest absolute Gasteiger partial charge is 0.229 e. The van der Waals surface area contributed by atoms with Crippen molar-refractivity contribution in [3.63, 3.8) is 0 Å². The van der Waals surface area contributed by atoms with Crippen molar-refractivity contribution in [1.29, 1.82) is 0 Å². The van der Waals surface area contributed by atoms with Crippen LogP contribution in [0.15, 0.2) is 35.7 Å². The van der Waals surface area contributed by atoms with E-state index < -0.39 is 0 Å². The summed E-state index contributed by atoms with van der Waals surface area (Å²) in [6, 6.07) is 3.75. The summed E-state index contributed by atoms with van der Waals surface area (Å²) in [7, 11) is 0. The maximum absolute atomic E-state index is 13.5. The fraction of sp³-hybridized carbons (Fsp3) is 0.429. The van der Waals surface area contributed by atoms with Crippen molar-refractivity contribution in [3.05, 3.63) is 52.1 Å². The van der Waals surface area contributed by atoms with Gasteiger partial charge in [0.2, 0.25) is 5.95 Å². The van der Waals surface area contributed by atoms with E-state index in [9.17, 15) is 4.39 Å². The number of allylic oxidation sites excluding steroid dienone is 4. The van der Waals surface area contributed by atoms with Gasteiger partial charge < -0.3 is 15.2 Å². The third kappa shape index (κ3) is 4.16. The second-order valence-corrected chi connectivity index (χ2v) is 7.77. The van der Waals surface area contributed by atoms with Gasteiger partial charge >= 0.3 is 0 Å². The Bertz CT molecular complexity index is 970. The highest BCUT2D eigenvalue weighted by atomic mass is 35.5. The third-order valence-electron chi connectivity index (χ3n) is 5.39. The summed E-state index contributed by atoms with van der Waals surface area (Å²) in [5.41, 5.74) is 2.96. The fourth-order valence-corrected chi connectivity index (χ4v) is 4.19. The van der Waals surface area contributed by atoms with E-state index in [0.717, 1.165) is 36.3 Å². The van der Waals surface area contributed by atoms with Crippen molar-refractivity contribution >= 4 is 23.2 Å². The van der Waals surface area contributed by atoms with Crippen LogP contribution in [0.4, 0.5) is 16.0 Å². The van der Waals surface area contributed by atoms with E-state index in [4.69, 9.17) is 21.4 Å². The molecule has 0 saturated carbocycles. The second-order valence-electron chi connectivity index (χ2n) is 7.37. The fourth-order valence-electron chi connectivity index (χ4n) is 3.92. The van der Waals surface area contributed by atoms with Gasteiger partial charge in [0.1, 0.15) is 24.0 Å². The highest BCUT2D eigenvalue weighted by Gasteiger charge is 2.28. The van der Waals surface area contributed by atoms with E-state index in [2.05, 4.69) is 20.1 Å². The SMILES string of the molecule is Cc1cc(Cl)c(OCCO)cc1Nc1nnc2n1C(C1=CC=C(F)CC1)CCC2. The molecule has 8 heteroatoms. The molecule has 4 rings (SSSR count). The number of aromatic nitrogens is 3. The first-order chi connectivity index (χ1) is 14.1. The third-order valence-corrected chi connectivity index (χ3v) is 5.68. The molecule has 2 heterocycles. The van der Waals surface area contributed by atoms with Crippen molar-refractivity contribution in [2.24, 2.45) is 0 Å². The van der Waals surface area contributed by atoms with Gasteiger partial charge in [0.05, 0.1) is 17.7 Å². The number of benzene rings is 1. The maximum Gasteiger partial charge on any atom is 0.229 e. The highest BCUT2D eigenvalue weighted by Crippen LogP contribution is 2.39. The van der Waals surface area contributed by atoms with E-state index in [1.807, 2.05) is 25.1 Å². The quantitative estimate of drug-likeness (QED) is 0.704. The molecule has 6 nitrogen and oxygen atoms in total. The number of ether oxygens (including phenoxy) is 1. The summed E-state index contributed by atoms with van der Waals surface area (Å²) >= 11 is 6.26. The number of rotatable bonds is 6. The molecule has 2 aromatic rings. The van der Waals surface area contributed by atoms with Crippen molar-refractivity contribution < 1.29 is 14.2 Å². The summed E-state index contributed by atoms with van der Waals surface area (Å²) in [5, 5.41) is 21.6. The Morgan fingerprint density at radius 1 is 1.28 bits per heavy atom. The van der Waals surface area contributed by atoms with Crippen LogP contribution in [-0.2, 0) is 6.42 Å². The van der Waals surface area contributed by atoms with Crippen LogP contribution in [-0.4, -0.2) is 33.1 Å². The first-order valence-corrected chi connectivity index (χ1v) is 10.2. The molecule has 0 radical (unpaired) electrons. The van der Waals surface area contributed by atoms with E-state index >= 15 is 0 Å². The average Bonchev–Trinajstić information content (AvgIpc) is 3.13. The summed E-state index contributed by atoms with van der Waals surface area (Å²) in [6.07, 6.45) is 7.51. The van der Waals surface area contributed by atoms with Gasteiger partial charge in [-0.3, -0.25) is 4.57 Å². The molecule has 2 aliphatic rings. The maximum atomic E-state index is 13.5. The monoisotopic (exact) mass is 418 g/mol. The van der Waals surface area contributed by atoms with Crippen LogP contribution in [0.5, 0.6) is 5.75 Å². The molecular weight excluding hydrogens is 395 g/mol. The number of halogens is 2. The Morgan fingerprint density at radius 3 is 2.90 bits per heavy atom. The minimum atomic E-state index is -0.0868. The van der Waals surface area contributed by atoms with E-state index in [0.29, 0.717) is 29.6 Å². The number of aliphatic hydroxyl groups is 1. The molecule has 0 amide bonds. The van der Waals surface area contributed by atoms with E-state index in [1.165, 1.54) is 5.57 Å². The minimum Gasteiger partial charge on any atom is -0.490 e. The van der Waals surface area contributed by atoms with Crippen LogP contribution in [0.25, 0.3) is 0 Å². The molecule has 1 aliphatic carbocycles. The molecule has 0 saturated heterocycles. The standard InChI is InChI=1S/C21H24ClFN4O2/c1-13-11-16(22)19(29-10-9-28)12-17(13)24-21-26-25-20-4-2-3-18(27(20)21)14-5-7-15(23)8-6-14/h5,7,11-12,18,28H,2-4,6,8-10H2,1H3,(H,24,26). The molecule has 1 atom stereocenters. The lowest BCUT2D eigenvalue weighted by Gasteiger charge is -2.29. The zero-order valence-corrected chi connectivity index (χ0v) is 17.0. The summed E-state index contributed by atoms with van der Waals surface area (Å²) < 4.78 is 21.1. The largest absolute Gasteiger partial charge is 0.490 e. The zero-order chi connectivity index (χ0) is 20.4. The molecule has 1 aromatic carbocycles. The van der Waals surface area contributed by atoms with Crippen LogP contribution >= 0.6 is 11.6 Å². The predicted molar refractivity (Wildman–Crippen MR) is 111 cm³/mol. The van der Waals surface area contributed by atoms with Crippen molar-refractivity contribution in [2.45, 2.75) is 45.1 Å². The van der Waals surface area contributed by atoms with Crippen LogP contribution in [0.1, 0.15) is 43.1 Å². The van der Waals surface area contributed by atoms with Gasteiger partial charge in [-0.2, -0.15) is 0 Å². The normalized spacial score (nSPS) is 18.7. The first kappa shape index (κ1) is 19.9. The van der Waals surface area contributed by atoms with E-state index in [1.54, 1.807) is 6.08 Å². The number of hydrogen-bond donors (Lipinski definition) is 2. The number of hydrogen-bond acceptors (Lipinski definition) is 5. The Kier molecular flexibility index (Phi) is 5.87. The number of aryl methyl sites for hydroxylation is 2. The Morgan fingerprint density at radius 2 is 2.14 bits per heavy atom. The summed E-state index contributed by atoms with van der Waals surface area (Å²) in [6.45, 7) is 2.03. The number of nitrogens with one attached hydrogen (secondary N) is 1. The molecule has 1 unspecified atom stereocenters. The average molecular weight is 419 g/mol. The van der Waals surface area contributed by atoms with Crippen molar-refractivity contribution in [2.75, 3.05) is 18.5 Å². The molecular formula is C21H24ClFN4O2. The van der Waals surface area contributed by atoms with Crippen LogP contribution in [0, 0.1) is 6.92 Å². The first-order valence-electron chi connectivity index (χ1n) is 9.86. The highest BCUT2D eigenvalue weighted by molar-refractivity contribution is 6.32. The van der Waals surface area contributed by atoms with Gasteiger partial charge in [-0.1, -0.05) is 17.7 Å². The van der Waals surface area contributed by atoms with Gasteiger partial charge in [0, 0.05) is 24.6 Å². The minimum absolute atomic E-state index is 0.0703. The molecule has 2 N–H and O–H groups in total. The molecule has 0 bridgehead atoms. The predicted octanol–water partition coefficient (Wildman–Crippen LogP) is 4.81. The van der Waals surface area contributed by atoms with Gasteiger partial charge in [-0.25, -0.2) is 4.39 Å². The number of anilines is 2. The Hall–Kier alpha value is -2.38. The molecule has 1 aliphatic heterocycles. The topological polar surface area (TPSA) is 72.2 Å². The lowest BCUT2D eigenvalue weighted by molar-refractivity contribution is 0.201. The van der Waals surface area contributed by atoms with E-state index in [-0.39, 0.29) is 25.1 Å². The molecule has 1 aromatic heterocycles.